The van der Waals surface area contributed by atoms with E-state index in [0.717, 1.165) is 51.9 Å². The molecule has 23 nitrogen and oxygen atoms in total. The summed E-state index contributed by atoms with van der Waals surface area (Å²) < 4.78 is 34.8. The molecule has 3 rings (SSSR count). The van der Waals surface area contributed by atoms with Gasteiger partial charge in [-0.2, -0.15) is 0 Å². The van der Waals surface area contributed by atoms with Crippen molar-refractivity contribution in [2.24, 2.45) is 0 Å². The first kappa shape index (κ1) is 80.7. The zero-order valence-corrected chi connectivity index (χ0v) is 54.3. The Morgan fingerprint density at radius 3 is 1.49 bits per heavy atom. The molecule has 23 heteroatoms. The molecular formula is C66H122N2O21. The molecule has 3 aliphatic rings. The number of amides is 2. The summed E-state index contributed by atoms with van der Waals surface area (Å²) in [5.74, 6) is -6.14. The minimum Gasteiger partial charge on any atom is -0.477 e. The van der Waals surface area contributed by atoms with Crippen LogP contribution >= 0.6 is 0 Å². The highest BCUT2D eigenvalue weighted by atomic mass is 16.8. The Bertz CT molecular complexity index is 1860. The van der Waals surface area contributed by atoms with Gasteiger partial charge in [0.1, 0.15) is 67.1 Å². The van der Waals surface area contributed by atoms with Crippen LogP contribution < -0.4 is 10.6 Å². The normalized spacial score (nSPS) is 28.8. The van der Waals surface area contributed by atoms with Crippen molar-refractivity contribution < 1.29 is 104 Å². The molecule has 0 aromatic rings. The molecule has 0 bridgehead atoms. The smallest absolute Gasteiger partial charge is 0.364 e. The molecule has 3 saturated heterocycles. The van der Waals surface area contributed by atoms with E-state index >= 15 is 0 Å². The van der Waals surface area contributed by atoms with Crippen molar-refractivity contribution in [3.05, 3.63) is 12.2 Å². The number of carboxylic acid groups (broad SMARTS) is 1. The molecule has 0 spiro atoms. The number of hydrogen-bond acceptors (Lipinski definition) is 20. The summed E-state index contributed by atoms with van der Waals surface area (Å²) in [7, 11) is 0. The number of unbranched alkanes of at least 4 members (excludes halogenated alkanes) is 32. The summed E-state index contributed by atoms with van der Waals surface area (Å²) in [5, 5.41) is 136. The van der Waals surface area contributed by atoms with Crippen molar-refractivity contribution >= 4 is 17.8 Å². The van der Waals surface area contributed by atoms with Gasteiger partial charge in [0.15, 0.2) is 12.6 Å². The first-order chi connectivity index (χ1) is 42.9. The highest BCUT2D eigenvalue weighted by molar-refractivity contribution is 5.77. The summed E-state index contributed by atoms with van der Waals surface area (Å²) in [4.78, 5) is 38.5. The third-order valence-electron chi connectivity index (χ3n) is 17.7. The Labute approximate surface area is 531 Å². The van der Waals surface area contributed by atoms with Gasteiger partial charge >= 0.3 is 5.97 Å². The zero-order valence-electron chi connectivity index (χ0n) is 54.3. The lowest BCUT2D eigenvalue weighted by atomic mass is 9.88. The lowest BCUT2D eigenvalue weighted by molar-refractivity contribution is -0.386. The van der Waals surface area contributed by atoms with Crippen molar-refractivity contribution in [1.82, 2.24) is 10.6 Å². The molecule has 0 aromatic carbocycles. The van der Waals surface area contributed by atoms with Crippen molar-refractivity contribution in [2.45, 2.75) is 362 Å². The second kappa shape index (κ2) is 47.4. The summed E-state index contributed by atoms with van der Waals surface area (Å²) >= 11 is 0. The first-order valence-electron chi connectivity index (χ1n) is 34.6. The van der Waals surface area contributed by atoms with E-state index in [1.54, 1.807) is 6.08 Å². The minimum atomic E-state index is -3.08. The van der Waals surface area contributed by atoms with Crippen LogP contribution in [0.25, 0.3) is 0 Å². The van der Waals surface area contributed by atoms with Crippen LogP contribution in [0.15, 0.2) is 12.2 Å². The van der Waals surface area contributed by atoms with Gasteiger partial charge in [0.2, 0.25) is 11.8 Å². The number of ether oxygens (including phenoxy) is 6. The number of aliphatic hydroxyl groups excluding tert-OH is 11. The molecule has 0 saturated carbocycles. The molecule has 14 N–H and O–H groups in total. The molecule has 2 unspecified atom stereocenters. The maximum absolute atomic E-state index is 13.4. The quantitative estimate of drug-likeness (QED) is 0.0249. The third-order valence-corrected chi connectivity index (χ3v) is 17.7. The second-order valence-electron chi connectivity index (χ2n) is 25.4. The van der Waals surface area contributed by atoms with Gasteiger partial charge in [-0.25, -0.2) is 4.79 Å². The predicted molar refractivity (Wildman–Crippen MR) is 334 cm³/mol. The second-order valence-corrected chi connectivity index (χ2v) is 25.4. The van der Waals surface area contributed by atoms with Crippen LogP contribution in [0.3, 0.4) is 0 Å². The molecule has 18 atom stereocenters. The fraction of sp³-hybridized carbons (Fsp3) is 0.924. The monoisotopic (exact) mass is 1280 g/mol. The van der Waals surface area contributed by atoms with Gasteiger partial charge in [0.25, 0.3) is 5.79 Å². The molecule has 3 aliphatic heterocycles. The van der Waals surface area contributed by atoms with E-state index in [1.165, 1.54) is 161 Å². The van der Waals surface area contributed by atoms with Crippen LogP contribution in [-0.4, -0.2) is 215 Å². The maximum Gasteiger partial charge on any atom is 0.364 e. The van der Waals surface area contributed by atoms with Gasteiger partial charge in [0, 0.05) is 19.8 Å². The van der Waals surface area contributed by atoms with Crippen LogP contribution in [0, 0.1) is 0 Å². The largest absolute Gasteiger partial charge is 0.477 e. The standard InChI is InChI=1S/C66H122N2O21/c1-4-6-8-10-12-14-16-18-19-20-21-22-23-24-25-26-28-30-32-34-36-38-40-53(76)68-47(48(73)39-37-35-33-31-29-27-17-15-13-11-9-7-5-2)45-84-63-58(80)57(79)60(52(44-71)86-63)87-64-59(81)62(56(78)51(43-70)85-64)89-66(65(82)83)41-49(74)54(67-46(3)72)61(88-66)55(77)50(75)42-69/h37,39,47-52,54-64,69-71,73-75,77-81H,4-36,38,40-45H2,1-3H3,(H,67,72)(H,68,76)(H,82,83)/b39-37+/t47-,48+,49-,50+,51+,52+,54+,55+,56-,57+,58?,59+,60+,61?,62-,63+,64-,66-/m0/s1. The van der Waals surface area contributed by atoms with Gasteiger partial charge in [0.05, 0.1) is 50.7 Å². The molecule has 0 radical (unpaired) electrons. The molecule has 2 amide bonds. The average molecular weight is 1280 g/mol. The van der Waals surface area contributed by atoms with Gasteiger partial charge in [-0.3, -0.25) is 9.59 Å². The van der Waals surface area contributed by atoms with Gasteiger partial charge < -0.3 is 100 Å². The van der Waals surface area contributed by atoms with Crippen LogP contribution in [-0.2, 0) is 42.8 Å². The fourth-order valence-electron chi connectivity index (χ4n) is 12.2. The lowest BCUT2D eigenvalue weighted by Crippen LogP contribution is -2.70. The van der Waals surface area contributed by atoms with Gasteiger partial charge in [-0.15, -0.1) is 0 Å². The summed E-state index contributed by atoms with van der Waals surface area (Å²) in [5.41, 5.74) is 0. The molecule has 0 aromatic heterocycles. The maximum atomic E-state index is 13.4. The Morgan fingerprint density at radius 1 is 0.584 bits per heavy atom. The van der Waals surface area contributed by atoms with E-state index in [-0.39, 0.29) is 12.3 Å². The van der Waals surface area contributed by atoms with Crippen LogP contribution in [0.5, 0.6) is 0 Å². The van der Waals surface area contributed by atoms with Crippen LogP contribution in [0.4, 0.5) is 0 Å². The number of carbonyl (C=O) groups excluding carboxylic acids is 2. The van der Waals surface area contributed by atoms with Crippen LogP contribution in [0.1, 0.15) is 252 Å². The number of aliphatic carboxylic acids is 1. The van der Waals surface area contributed by atoms with Gasteiger partial charge in [-0.05, 0) is 19.3 Å². The molecule has 3 heterocycles. The van der Waals surface area contributed by atoms with E-state index in [4.69, 9.17) is 28.4 Å². The Kier molecular flexibility index (Phi) is 43.0. The van der Waals surface area contributed by atoms with Crippen LogP contribution in [0.2, 0.25) is 0 Å². The first-order valence-corrected chi connectivity index (χ1v) is 34.6. The number of allylic oxidation sites excluding steroid dienone is 1. The molecule has 3 fully saturated rings. The zero-order chi connectivity index (χ0) is 65.4. The van der Waals surface area contributed by atoms with Crippen molar-refractivity contribution in [3.63, 3.8) is 0 Å². The van der Waals surface area contributed by atoms with E-state index in [0.29, 0.717) is 12.8 Å². The number of carboxylic acids is 1. The predicted octanol–water partition coefficient (Wildman–Crippen LogP) is 5.90. The average Bonchev–Trinajstić information content (AvgIpc) is 0.874. The summed E-state index contributed by atoms with van der Waals surface area (Å²) in [6.07, 6.45) is 15.5. The molecule has 0 aliphatic carbocycles. The number of nitrogens with one attached hydrogen (secondary N) is 2. The van der Waals surface area contributed by atoms with Crippen molar-refractivity contribution in [1.29, 1.82) is 0 Å². The van der Waals surface area contributed by atoms with E-state index in [2.05, 4.69) is 24.5 Å². The van der Waals surface area contributed by atoms with Crippen molar-refractivity contribution in [2.75, 3.05) is 26.4 Å². The lowest BCUT2D eigenvalue weighted by Gasteiger charge is -2.50. The molecule has 522 valence electrons. The van der Waals surface area contributed by atoms with E-state index in [1.807, 2.05) is 6.08 Å². The highest BCUT2D eigenvalue weighted by Gasteiger charge is 2.60. The third kappa shape index (κ3) is 30.2. The number of carbonyl (C=O) groups is 3. The van der Waals surface area contributed by atoms with Crippen molar-refractivity contribution in [3.8, 4) is 0 Å². The topological polar surface area (TPSA) is 373 Å². The fourth-order valence-corrected chi connectivity index (χ4v) is 12.2. The summed E-state index contributed by atoms with van der Waals surface area (Å²) in [6, 6.07) is -2.61. The highest BCUT2D eigenvalue weighted by Crippen LogP contribution is 2.39. The SMILES string of the molecule is CCCCCCCCCCCCC/C=C/[C@@H](O)[C@H](CO[C@@H]1O[C@H](CO)[C@@H](O[C@@H]2O[C@H](CO)[C@H](O)[C@H](O[C@]3(C(=O)O)C[C@H](O)[C@@H](NC(C)=O)C([C@H](O)[C@H](O)CO)O3)[C@H]2O)[C@H](O)C1O)NC(=O)CCCCCCCCCCCCCCCCCCCCCCCC. The van der Waals surface area contributed by atoms with E-state index < -0.39 is 155 Å². The Balaban J connectivity index is 1.58. The Hall–Kier alpha value is -2.53. The molecular weight excluding hydrogens is 1160 g/mol. The number of rotatable bonds is 52. The summed E-state index contributed by atoms with van der Waals surface area (Å²) in [6.45, 7) is 2.14. The number of aliphatic hydroxyl groups is 11. The van der Waals surface area contributed by atoms with Gasteiger partial charge in [-0.1, -0.05) is 225 Å². The minimum absolute atomic E-state index is 0.205. The molecule has 89 heavy (non-hydrogen) atoms. The number of hydrogen-bond donors (Lipinski definition) is 14. The van der Waals surface area contributed by atoms with E-state index in [9.17, 15) is 75.7 Å². The Morgan fingerprint density at radius 2 is 1.04 bits per heavy atom.